The topological polar surface area (TPSA) is 36.9 Å². The predicted molar refractivity (Wildman–Crippen MR) is 85.3 cm³/mol. The van der Waals surface area contributed by atoms with Crippen molar-refractivity contribution in [3.05, 3.63) is 46.9 Å². The molecule has 1 N–H and O–H groups in total. The third-order valence-corrected chi connectivity index (χ3v) is 4.58. The maximum Gasteiger partial charge on any atom is 0.267 e. The monoisotopic (exact) mass is 323 g/mol. The average molecular weight is 324 g/mol. The number of ether oxygens (including phenoxy) is 1. The molecule has 118 valence electrons. The molecular weight excluding hydrogens is 305 g/mol. The second-order valence-corrected chi connectivity index (χ2v) is 6.00. The molecule has 0 fully saturated rings. The Balaban J connectivity index is 1.94. The maximum atomic E-state index is 13.1. The number of nitrogens with zero attached hydrogens (tertiary/aromatic N) is 2. The molecule has 2 heterocycles. The summed E-state index contributed by atoms with van der Waals surface area (Å²) in [6.45, 7) is 3.37. The first-order valence-electron chi connectivity index (χ1n) is 7.37. The summed E-state index contributed by atoms with van der Waals surface area (Å²) in [5.41, 5.74) is 2.89. The van der Waals surface area contributed by atoms with Crippen LogP contribution in [0.3, 0.4) is 0 Å². The Hall–Kier alpha value is -1.43. The molecule has 2 atom stereocenters. The van der Waals surface area contributed by atoms with E-state index in [9.17, 15) is 4.39 Å². The highest BCUT2D eigenvalue weighted by molar-refractivity contribution is 6.24. The molecule has 2 unspecified atom stereocenters. The molecule has 2 aliphatic rings. The van der Waals surface area contributed by atoms with Crippen LogP contribution in [-0.2, 0) is 4.74 Å². The summed E-state index contributed by atoms with van der Waals surface area (Å²) in [4.78, 5) is 6.35. The third-order valence-electron chi connectivity index (χ3n) is 4.10. The standard InChI is InChI=1S/C16H19ClFN3O/c1-3-21(2)16(17)19-10-12-8-9-22-15(14(12)20-16)11-4-6-13(18)7-5-11/h4-7,10,15,20H,3,8-9H2,1-2H3. The fourth-order valence-corrected chi connectivity index (χ4v) is 2.89. The van der Waals surface area contributed by atoms with Crippen LogP contribution in [0.15, 0.2) is 40.5 Å². The van der Waals surface area contributed by atoms with Gasteiger partial charge in [0.1, 0.15) is 11.9 Å². The van der Waals surface area contributed by atoms with Crippen LogP contribution in [0.25, 0.3) is 0 Å². The molecule has 0 radical (unpaired) electrons. The zero-order valence-corrected chi connectivity index (χ0v) is 13.4. The Kier molecular flexibility index (Phi) is 4.21. The average Bonchev–Trinajstić information content (AvgIpc) is 2.54. The first kappa shape index (κ1) is 15.5. The van der Waals surface area contributed by atoms with E-state index in [1.807, 2.05) is 25.1 Å². The lowest BCUT2D eigenvalue weighted by atomic mass is 9.97. The Labute approximate surface area is 134 Å². The number of hydrogen-bond donors (Lipinski definition) is 1. The SMILES string of the molecule is CCN(C)C1(Cl)N=CC2=C(N1)C(c1ccc(F)cc1)OCC2. The fraction of sp³-hybridized carbons (Fsp3) is 0.438. The van der Waals surface area contributed by atoms with E-state index in [1.54, 1.807) is 12.1 Å². The first-order valence-corrected chi connectivity index (χ1v) is 7.75. The van der Waals surface area contributed by atoms with Gasteiger partial charge in [-0.1, -0.05) is 30.7 Å². The second kappa shape index (κ2) is 5.99. The van der Waals surface area contributed by atoms with Crippen LogP contribution in [0.1, 0.15) is 25.0 Å². The highest BCUT2D eigenvalue weighted by atomic mass is 35.5. The van der Waals surface area contributed by atoms with Gasteiger partial charge in [0.2, 0.25) is 0 Å². The van der Waals surface area contributed by atoms with Crippen molar-refractivity contribution in [2.75, 3.05) is 20.2 Å². The number of benzene rings is 1. The molecule has 0 bridgehead atoms. The van der Waals surface area contributed by atoms with Crippen LogP contribution < -0.4 is 5.32 Å². The van der Waals surface area contributed by atoms with Crippen LogP contribution in [0.2, 0.25) is 0 Å². The van der Waals surface area contributed by atoms with Crippen molar-refractivity contribution < 1.29 is 9.13 Å². The molecule has 0 aromatic heterocycles. The van der Waals surface area contributed by atoms with Crippen molar-refractivity contribution in [3.63, 3.8) is 0 Å². The van der Waals surface area contributed by atoms with Crippen LogP contribution in [0, 0.1) is 5.82 Å². The second-order valence-electron chi connectivity index (χ2n) is 5.48. The Morgan fingerprint density at radius 2 is 2.18 bits per heavy atom. The van der Waals surface area contributed by atoms with Crippen LogP contribution in [0.4, 0.5) is 4.39 Å². The summed E-state index contributed by atoms with van der Waals surface area (Å²) in [5, 5.41) is 2.29. The molecule has 0 aliphatic carbocycles. The summed E-state index contributed by atoms with van der Waals surface area (Å²) in [6.07, 6.45) is 2.33. The lowest BCUT2D eigenvalue weighted by Gasteiger charge is -2.41. The van der Waals surface area contributed by atoms with Gasteiger partial charge in [-0.05, 0) is 36.7 Å². The van der Waals surface area contributed by atoms with Gasteiger partial charge in [-0.2, -0.15) is 0 Å². The largest absolute Gasteiger partial charge is 0.367 e. The number of nitrogens with one attached hydrogen (secondary N) is 1. The lowest BCUT2D eigenvalue weighted by Crippen LogP contribution is -2.54. The zero-order valence-electron chi connectivity index (χ0n) is 12.6. The molecule has 6 heteroatoms. The van der Waals surface area contributed by atoms with E-state index in [2.05, 4.69) is 10.3 Å². The summed E-state index contributed by atoms with van der Waals surface area (Å²) >= 11 is 6.59. The fourth-order valence-electron chi connectivity index (χ4n) is 2.62. The highest BCUT2D eigenvalue weighted by Gasteiger charge is 2.38. The maximum absolute atomic E-state index is 13.1. The normalized spacial score (nSPS) is 27.8. The molecule has 4 nitrogen and oxygen atoms in total. The summed E-state index contributed by atoms with van der Waals surface area (Å²) < 4.78 is 19.0. The van der Waals surface area contributed by atoms with Crippen LogP contribution >= 0.6 is 11.6 Å². The van der Waals surface area contributed by atoms with E-state index in [1.165, 1.54) is 12.1 Å². The third kappa shape index (κ3) is 2.76. The summed E-state index contributed by atoms with van der Waals surface area (Å²) in [7, 11) is 1.90. The van der Waals surface area contributed by atoms with Crippen molar-refractivity contribution in [2.45, 2.75) is 24.7 Å². The molecule has 2 aliphatic heterocycles. The molecule has 1 aromatic rings. The van der Waals surface area contributed by atoms with Gasteiger partial charge in [0.15, 0.2) is 0 Å². The van der Waals surface area contributed by atoms with Gasteiger partial charge in [0.25, 0.3) is 5.25 Å². The Morgan fingerprint density at radius 1 is 1.45 bits per heavy atom. The van der Waals surface area contributed by atoms with E-state index in [0.717, 1.165) is 29.8 Å². The minimum Gasteiger partial charge on any atom is -0.367 e. The van der Waals surface area contributed by atoms with Crippen molar-refractivity contribution in [1.29, 1.82) is 0 Å². The van der Waals surface area contributed by atoms with Gasteiger partial charge in [0, 0.05) is 12.8 Å². The number of aliphatic imine (C=N–C) groups is 1. The van der Waals surface area contributed by atoms with Gasteiger partial charge in [-0.3, -0.25) is 4.90 Å². The Bertz CT molecular complexity index is 616. The van der Waals surface area contributed by atoms with Gasteiger partial charge in [0.05, 0.1) is 12.3 Å². The van der Waals surface area contributed by atoms with Crippen molar-refractivity contribution in [3.8, 4) is 0 Å². The minimum absolute atomic E-state index is 0.260. The molecule has 0 amide bonds. The van der Waals surface area contributed by atoms with E-state index in [4.69, 9.17) is 16.3 Å². The van der Waals surface area contributed by atoms with Gasteiger partial charge in [-0.15, -0.1) is 0 Å². The van der Waals surface area contributed by atoms with Crippen LogP contribution in [-0.4, -0.2) is 36.6 Å². The highest BCUT2D eigenvalue weighted by Crippen LogP contribution is 2.36. The smallest absolute Gasteiger partial charge is 0.267 e. The number of hydrogen-bond acceptors (Lipinski definition) is 4. The molecule has 0 spiro atoms. The van der Waals surface area contributed by atoms with E-state index in [0.29, 0.717) is 6.61 Å². The molecule has 3 rings (SSSR count). The van der Waals surface area contributed by atoms with Gasteiger partial charge < -0.3 is 10.1 Å². The molecule has 1 aromatic carbocycles. The lowest BCUT2D eigenvalue weighted by molar-refractivity contribution is 0.0528. The quantitative estimate of drug-likeness (QED) is 0.686. The predicted octanol–water partition coefficient (Wildman–Crippen LogP) is 3.02. The molecule has 22 heavy (non-hydrogen) atoms. The number of alkyl halides is 1. The molecule has 0 saturated carbocycles. The minimum atomic E-state index is -1.01. The molecule has 0 saturated heterocycles. The van der Waals surface area contributed by atoms with E-state index >= 15 is 0 Å². The van der Waals surface area contributed by atoms with E-state index < -0.39 is 5.25 Å². The summed E-state index contributed by atoms with van der Waals surface area (Å²) in [5.74, 6) is -0.260. The summed E-state index contributed by atoms with van der Waals surface area (Å²) in [6, 6.07) is 6.36. The van der Waals surface area contributed by atoms with Gasteiger partial charge in [-0.25, -0.2) is 9.38 Å². The number of halogens is 2. The van der Waals surface area contributed by atoms with Crippen molar-refractivity contribution in [2.24, 2.45) is 4.99 Å². The van der Waals surface area contributed by atoms with Crippen molar-refractivity contribution in [1.82, 2.24) is 10.2 Å². The van der Waals surface area contributed by atoms with Crippen molar-refractivity contribution >= 4 is 17.8 Å². The number of rotatable bonds is 3. The van der Waals surface area contributed by atoms with Gasteiger partial charge >= 0.3 is 0 Å². The van der Waals surface area contributed by atoms with E-state index in [-0.39, 0.29) is 11.9 Å². The molecular formula is C16H19ClFN3O. The first-order chi connectivity index (χ1) is 10.5. The van der Waals surface area contributed by atoms with Crippen LogP contribution in [0.5, 0.6) is 0 Å². The Morgan fingerprint density at radius 3 is 2.86 bits per heavy atom. The zero-order chi connectivity index (χ0) is 15.7.